The lowest BCUT2D eigenvalue weighted by Gasteiger charge is -2.05. The van der Waals surface area contributed by atoms with Gasteiger partial charge in [-0.05, 0) is 54.8 Å². The number of benzene rings is 1. The zero-order valence-corrected chi connectivity index (χ0v) is 13.5. The number of aryl methyl sites for hydroxylation is 2. The van der Waals surface area contributed by atoms with Crippen LogP contribution in [0.25, 0.3) is 11.3 Å². The van der Waals surface area contributed by atoms with Crippen LogP contribution < -0.4 is 0 Å². The van der Waals surface area contributed by atoms with Gasteiger partial charge in [0.1, 0.15) is 5.03 Å². The average molecular weight is 307 g/mol. The second-order valence-electron chi connectivity index (χ2n) is 5.21. The molecule has 0 atom stereocenters. The monoisotopic (exact) mass is 307 g/mol. The summed E-state index contributed by atoms with van der Waals surface area (Å²) in [6.07, 6.45) is 3.66. The van der Waals surface area contributed by atoms with Crippen LogP contribution >= 0.6 is 11.8 Å². The first-order chi connectivity index (χ1) is 10.7. The van der Waals surface area contributed by atoms with Crippen molar-refractivity contribution in [2.24, 2.45) is 0 Å². The number of hydrogen-bond acceptors (Lipinski definition) is 4. The Balaban J connectivity index is 1.71. The van der Waals surface area contributed by atoms with Gasteiger partial charge in [-0.1, -0.05) is 30.0 Å². The Hall–Kier alpha value is -2.20. The van der Waals surface area contributed by atoms with Gasteiger partial charge in [0.25, 0.3) is 0 Å². The number of aromatic nitrogens is 3. The molecule has 0 aliphatic carbocycles. The molecule has 2 heterocycles. The molecule has 3 aromatic rings. The van der Waals surface area contributed by atoms with Gasteiger partial charge < -0.3 is 0 Å². The fraction of sp³-hybridized carbons (Fsp3) is 0.167. The van der Waals surface area contributed by atoms with Gasteiger partial charge in [-0.25, -0.2) is 0 Å². The largest absolute Gasteiger partial charge is 0.264 e. The molecule has 0 saturated carbocycles. The van der Waals surface area contributed by atoms with Crippen molar-refractivity contribution in [1.29, 1.82) is 0 Å². The van der Waals surface area contributed by atoms with Gasteiger partial charge in [0, 0.05) is 23.7 Å². The van der Waals surface area contributed by atoms with Gasteiger partial charge in [-0.15, -0.1) is 10.2 Å². The summed E-state index contributed by atoms with van der Waals surface area (Å²) < 4.78 is 0. The molecule has 2 aromatic heterocycles. The molecule has 0 N–H and O–H groups in total. The third-order valence-corrected chi connectivity index (χ3v) is 4.54. The minimum Gasteiger partial charge on any atom is -0.264 e. The molecule has 0 fully saturated rings. The molecule has 3 nitrogen and oxygen atoms in total. The van der Waals surface area contributed by atoms with Crippen molar-refractivity contribution in [2.75, 3.05) is 0 Å². The Morgan fingerprint density at radius 3 is 2.55 bits per heavy atom. The topological polar surface area (TPSA) is 38.7 Å². The molecule has 3 rings (SSSR count). The molecule has 22 heavy (non-hydrogen) atoms. The van der Waals surface area contributed by atoms with Crippen molar-refractivity contribution in [3.05, 3.63) is 71.5 Å². The Morgan fingerprint density at radius 1 is 0.955 bits per heavy atom. The van der Waals surface area contributed by atoms with E-state index in [0.717, 1.165) is 22.0 Å². The van der Waals surface area contributed by atoms with Crippen molar-refractivity contribution < 1.29 is 0 Å². The highest BCUT2D eigenvalue weighted by atomic mass is 32.2. The van der Waals surface area contributed by atoms with Crippen LogP contribution in [0.15, 0.2) is 59.9 Å². The maximum Gasteiger partial charge on any atom is 0.119 e. The summed E-state index contributed by atoms with van der Waals surface area (Å²) in [6, 6.07) is 14.4. The predicted octanol–water partition coefficient (Wildman–Crippen LogP) is 4.45. The predicted molar refractivity (Wildman–Crippen MR) is 90.7 cm³/mol. The van der Waals surface area contributed by atoms with Crippen molar-refractivity contribution in [1.82, 2.24) is 15.2 Å². The van der Waals surface area contributed by atoms with Crippen LogP contribution in [0.5, 0.6) is 0 Å². The zero-order chi connectivity index (χ0) is 15.4. The van der Waals surface area contributed by atoms with E-state index in [1.54, 1.807) is 18.0 Å². The highest BCUT2D eigenvalue weighted by Gasteiger charge is 2.04. The molecule has 4 heteroatoms. The lowest BCUT2D eigenvalue weighted by Crippen LogP contribution is -1.91. The highest BCUT2D eigenvalue weighted by molar-refractivity contribution is 7.98. The van der Waals surface area contributed by atoms with Crippen LogP contribution in [0.3, 0.4) is 0 Å². The van der Waals surface area contributed by atoms with E-state index in [1.807, 2.05) is 24.4 Å². The standard InChI is InChI=1S/C18H17N3S/c1-13-5-6-16(10-14(13)2)17-7-8-18(21-20-17)22-12-15-4-3-9-19-11-15/h3-11H,12H2,1-2H3. The van der Waals surface area contributed by atoms with Crippen LogP contribution in [-0.4, -0.2) is 15.2 Å². The van der Waals surface area contributed by atoms with Crippen LogP contribution in [0.1, 0.15) is 16.7 Å². The molecule has 1 aromatic carbocycles. The smallest absolute Gasteiger partial charge is 0.119 e. The molecule has 0 saturated heterocycles. The third kappa shape index (κ3) is 3.52. The second kappa shape index (κ2) is 6.71. The summed E-state index contributed by atoms with van der Waals surface area (Å²) in [5, 5.41) is 9.59. The summed E-state index contributed by atoms with van der Waals surface area (Å²) in [4.78, 5) is 4.12. The molecular formula is C18H17N3S. The third-order valence-electron chi connectivity index (χ3n) is 3.55. The van der Waals surface area contributed by atoms with E-state index in [9.17, 15) is 0 Å². The maximum absolute atomic E-state index is 4.35. The SMILES string of the molecule is Cc1ccc(-c2ccc(SCc3cccnc3)nn2)cc1C. The van der Waals surface area contributed by atoms with E-state index in [4.69, 9.17) is 0 Å². The molecule has 110 valence electrons. The van der Waals surface area contributed by atoms with Crippen molar-refractivity contribution in [3.63, 3.8) is 0 Å². The van der Waals surface area contributed by atoms with Crippen molar-refractivity contribution in [2.45, 2.75) is 24.6 Å². The van der Waals surface area contributed by atoms with Gasteiger partial charge in [-0.3, -0.25) is 4.98 Å². The van der Waals surface area contributed by atoms with E-state index in [0.29, 0.717) is 0 Å². The number of nitrogens with zero attached hydrogens (tertiary/aromatic N) is 3. The Kier molecular flexibility index (Phi) is 4.49. The van der Waals surface area contributed by atoms with Gasteiger partial charge >= 0.3 is 0 Å². The average Bonchev–Trinajstić information content (AvgIpc) is 2.57. The van der Waals surface area contributed by atoms with E-state index >= 15 is 0 Å². The van der Waals surface area contributed by atoms with E-state index < -0.39 is 0 Å². The lowest BCUT2D eigenvalue weighted by atomic mass is 10.0. The molecule has 0 aliphatic heterocycles. The van der Waals surface area contributed by atoms with Crippen LogP contribution in [-0.2, 0) is 5.75 Å². The van der Waals surface area contributed by atoms with Gasteiger partial charge in [-0.2, -0.15) is 0 Å². The Labute approximate surface area is 134 Å². The van der Waals surface area contributed by atoms with E-state index in [-0.39, 0.29) is 0 Å². The summed E-state index contributed by atoms with van der Waals surface area (Å²) >= 11 is 1.67. The highest BCUT2D eigenvalue weighted by Crippen LogP contribution is 2.23. The number of pyridine rings is 1. The molecule has 0 bridgehead atoms. The fourth-order valence-corrected chi connectivity index (χ4v) is 2.84. The van der Waals surface area contributed by atoms with Crippen LogP contribution in [0, 0.1) is 13.8 Å². The summed E-state index contributed by atoms with van der Waals surface area (Å²) in [5.74, 6) is 0.853. The first kappa shape index (κ1) is 14.7. The number of hydrogen-bond donors (Lipinski definition) is 0. The Morgan fingerprint density at radius 2 is 1.86 bits per heavy atom. The molecule has 0 spiro atoms. The van der Waals surface area contributed by atoms with Crippen LogP contribution in [0.4, 0.5) is 0 Å². The molecule has 0 unspecified atom stereocenters. The Bertz CT molecular complexity index is 755. The second-order valence-corrected chi connectivity index (χ2v) is 6.20. The summed E-state index contributed by atoms with van der Waals surface area (Å²) in [5.41, 5.74) is 5.77. The van der Waals surface area contributed by atoms with Crippen molar-refractivity contribution >= 4 is 11.8 Å². The lowest BCUT2D eigenvalue weighted by molar-refractivity contribution is 0.935. The molecule has 0 radical (unpaired) electrons. The fourth-order valence-electron chi connectivity index (χ4n) is 2.09. The summed E-state index contributed by atoms with van der Waals surface area (Å²) in [7, 11) is 0. The van der Waals surface area contributed by atoms with E-state index in [1.165, 1.54) is 16.7 Å². The minimum absolute atomic E-state index is 0.853. The van der Waals surface area contributed by atoms with Crippen molar-refractivity contribution in [3.8, 4) is 11.3 Å². The van der Waals surface area contributed by atoms with Gasteiger partial charge in [0.05, 0.1) is 5.69 Å². The first-order valence-corrected chi connectivity index (χ1v) is 8.14. The van der Waals surface area contributed by atoms with Gasteiger partial charge in [0.15, 0.2) is 0 Å². The zero-order valence-electron chi connectivity index (χ0n) is 12.7. The van der Waals surface area contributed by atoms with Gasteiger partial charge in [0.2, 0.25) is 0 Å². The number of rotatable bonds is 4. The maximum atomic E-state index is 4.35. The quantitative estimate of drug-likeness (QED) is 0.668. The first-order valence-electron chi connectivity index (χ1n) is 7.15. The minimum atomic E-state index is 0.853. The molecule has 0 amide bonds. The van der Waals surface area contributed by atoms with E-state index in [2.05, 4.69) is 53.3 Å². The molecule has 0 aliphatic rings. The molecular weight excluding hydrogens is 290 g/mol. The normalized spacial score (nSPS) is 10.6. The summed E-state index contributed by atoms with van der Waals surface area (Å²) in [6.45, 7) is 4.23. The number of thioether (sulfide) groups is 1. The van der Waals surface area contributed by atoms with Crippen LogP contribution in [0.2, 0.25) is 0 Å².